The van der Waals surface area contributed by atoms with Crippen molar-refractivity contribution >= 4 is 27.5 Å². The molecule has 5 heteroatoms. The number of nitrogens with two attached hydrogens (primary N) is 1. The number of ether oxygens (including phenoxy) is 1. The Hall–Kier alpha value is -1.10. The maximum Gasteiger partial charge on any atom is 0.145 e. The Morgan fingerprint density at radius 3 is 2.57 bits per heavy atom. The van der Waals surface area contributed by atoms with Crippen molar-refractivity contribution in [2.24, 2.45) is 5.73 Å². The lowest BCUT2D eigenvalue weighted by atomic mass is 10.0. The van der Waals surface area contributed by atoms with Crippen LogP contribution in [-0.4, -0.2) is 6.54 Å². The van der Waals surface area contributed by atoms with E-state index in [0.29, 0.717) is 29.3 Å². The number of hydrogen-bond acceptors (Lipinski definition) is 2. The lowest BCUT2D eigenvalue weighted by molar-refractivity contribution is 0.302. The third-order valence-corrected chi connectivity index (χ3v) is 4.18. The Balaban J connectivity index is 2.05. The van der Waals surface area contributed by atoms with E-state index >= 15 is 0 Å². The molecule has 0 aliphatic heterocycles. The SMILES string of the molecule is CC(CN)c1ccc(COc2cc(F)c(Cl)cc2Br)cc1. The fraction of sp³-hybridized carbons (Fsp3) is 0.250. The molecule has 0 radical (unpaired) electrons. The molecule has 1 unspecified atom stereocenters. The molecule has 0 spiro atoms. The summed E-state index contributed by atoms with van der Waals surface area (Å²) in [6.45, 7) is 3.06. The van der Waals surface area contributed by atoms with E-state index in [9.17, 15) is 4.39 Å². The molecular weight excluding hydrogens is 357 g/mol. The van der Waals surface area contributed by atoms with Gasteiger partial charge in [0.15, 0.2) is 0 Å². The van der Waals surface area contributed by atoms with E-state index in [1.165, 1.54) is 17.7 Å². The van der Waals surface area contributed by atoms with Gasteiger partial charge in [0.25, 0.3) is 0 Å². The van der Waals surface area contributed by atoms with Crippen LogP contribution < -0.4 is 10.5 Å². The van der Waals surface area contributed by atoms with Crippen molar-refractivity contribution < 1.29 is 9.13 Å². The van der Waals surface area contributed by atoms with Gasteiger partial charge in [-0.15, -0.1) is 0 Å². The van der Waals surface area contributed by atoms with Crippen LogP contribution in [-0.2, 0) is 6.61 Å². The highest BCUT2D eigenvalue weighted by atomic mass is 79.9. The minimum absolute atomic E-state index is 0.0642. The molecule has 2 N–H and O–H groups in total. The molecule has 1 atom stereocenters. The number of halogens is 3. The number of hydrogen-bond donors (Lipinski definition) is 1. The zero-order chi connectivity index (χ0) is 15.4. The fourth-order valence-corrected chi connectivity index (χ4v) is 2.61. The molecule has 21 heavy (non-hydrogen) atoms. The van der Waals surface area contributed by atoms with Gasteiger partial charge in [0.05, 0.1) is 9.50 Å². The van der Waals surface area contributed by atoms with Crippen LogP contribution in [0.15, 0.2) is 40.9 Å². The van der Waals surface area contributed by atoms with Gasteiger partial charge in [-0.05, 0) is 45.6 Å². The van der Waals surface area contributed by atoms with Gasteiger partial charge in [-0.1, -0.05) is 42.8 Å². The number of rotatable bonds is 5. The molecule has 0 heterocycles. The zero-order valence-electron chi connectivity index (χ0n) is 11.6. The van der Waals surface area contributed by atoms with Crippen molar-refractivity contribution in [2.45, 2.75) is 19.4 Å². The largest absolute Gasteiger partial charge is 0.488 e. The summed E-state index contributed by atoms with van der Waals surface area (Å²) in [5.74, 6) is 0.262. The quantitative estimate of drug-likeness (QED) is 0.759. The lowest BCUT2D eigenvalue weighted by Gasteiger charge is -2.11. The summed E-state index contributed by atoms with van der Waals surface area (Å²) in [4.78, 5) is 0. The molecule has 2 aromatic rings. The average Bonchev–Trinajstić information content (AvgIpc) is 2.49. The normalized spacial score (nSPS) is 12.2. The zero-order valence-corrected chi connectivity index (χ0v) is 13.9. The third kappa shape index (κ3) is 4.19. The molecule has 0 aromatic heterocycles. The van der Waals surface area contributed by atoms with Crippen molar-refractivity contribution in [3.8, 4) is 5.75 Å². The first-order valence-electron chi connectivity index (χ1n) is 6.57. The standard InChI is InChI=1S/C16H16BrClFNO/c1-10(8-20)12-4-2-11(3-5-12)9-21-16-7-15(19)14(18)6-13(16)17/h2-7,10H,8-9,20H2,1H3. The van der Waals surface area contributed by atoms with Gasteiger partial charge < -0.3 is 10.5 Å². The molecule has 0 saturated heterocycles. The van der Waals surface area contributed by atoms with E-state index in [-0.39, 0.29) is 5.02 Å². The summed E-state index contributed by atoms with van der Waals surface area (Å²) in [6.07, 6.45) is 0. The smallest absolute Gasteiger partial charge is 0.145 e. The minimum Gasteiger partial charge on any atom is -0.488 e. The average molecular weight is 373 g/mol. The molecule has 2 aromatic carbocycles. The predicted molar refractivity (Wildman–Crippen MR) is 87.4 cm³/mol. The van der Waals surface area contributed by atoms with E-state index in [4.69, 9.17) is 22.1 Å². The van der Waals surface area contributed by atoms with Gasteiger partial charge in [-0.2, -0.15) is 0 Å². The van der Waals surface area contributed by atoms with Crippen LogP contribution in [0.25, 0.3) is 0 Å². The lowest BCUT2D eigenvalue weighted by Crippen LogP contribution is -2.08. The molecule has 112 valence electrons. The molecule has 0 aliphatic carbocycles. The maximum atomic E-state index is 13.4. The summed E-state index contributed by atoms with van der Waals surface area (Å²) in [6, 6.07) is 10.8. The van der Waals surface area contributed by atoms with Crippen LogP contribution in [0, 0.1) is 5.82 Å². The Morgan fingerprint density at radius 1 is 1.29 bits per heavy atom. The second-order valence-corrected chi connectivity index (χ2v) is 6.13. The van der Waals surface area contributed by atoms with Crippen molar-refractivity contribution in [1.29, 1.82) is 0 Å². The maximum absolute atomic E-state index is 13.4. The molecule has 0 fully saturated rings. The molecule has 2 rings (SSSR count). The molecule has 0 aliphatic rings. The molecule has 0 bridgehead atoms. The van der Waals surface area contributed by atoms with Gasteiger partial charge in [0.1, 0.15) is 18.2 Å². The third-order valence-electron chi connectivity index (χ3n) is 3.27. The minimum atomic E-state index is -0.498. The van der Waals surface area contributed by atoms with E-state index in [1.807, 2.05) is 24.3 Å². The van der Waals surface area contributed by atoms with Gasteiger partial charge in [0.2, 0.25) is 0 Å². The first-order valence-corrected chi connectivity index (χ1v) is 7.74. The highest BCUT2D eigenvalue weighted by molar-refractivity contribution is 9.10. The summed E-state index contributed by atoms with van der Waals surface area (Å²) in [7, 11) is 0. The van der Waals surface area contributed by atoms with E-state index in [2.05, 4.69) is 22.9 Å². The number of benzene rings is 2. The van der Waals surface area contributed by atoms with Crippen molar-refractivity contribution in [3.05, 3.63) is 62.8 Å². The molecular formula is C16H16BrClFNO. The Labute approximate surface area is 137 Å². The first kappa shape index (κ1) is 16.3. The summed E-state index contributed by atoms with van der Waals surface area (Å²) in [5, 5.41) is 0.0642. The fourth-order valence-electron chi connectivity index (χ4n) is 1.85. The monoisotopic (exact) mass is 371 g/mol. The van der Waals surface area contributed by atoms with Crippen LogP contribution in [0.5, 0.6) is 5.75 Å². The highest BCUT2D eigenvalue weighted by Crippen LogP contribution is 2.31. The van der Waals surface area contributed by atoms with Crippen molar-refractivity contribution in [3.63, 3.8) is 0 Å². The Bertz CT molecular complexity index is 618. The molecule has 0 amide bonds. The van der Waals surface area contributed by atoms with Crippen LogP contribution in [0.3, 0.4) is 0 Å². The van der Waals surface area contributed by atoms with E-state index in [0.717, 1.165) is 5.56 Å². The van der Waals surface area contributed by atoms with Crippen molar-refractivity contribution in [2.75, 3.05) is 6.54 Å². The summed E-state index contributed by atoms with van der Waals surface area (Å²) < 4.78 is 19.7. The Kier molecular flexibility index (Phi) is 5.62. The van der Waals surface area contributed by atoms with E-state index in [1.54, 1.807) is 0 Å². The van der Waals surface area contributed by atoms with Crippen LogP contribution in [0.2, 0.25) is 5.02 Å². The highest BCUT2D eigenvalue weighted by Gasteiger charge is 2.08. The van der Waals surface area contributed by atoms with Crippen LogP contribution in [0.4, 0.5) is 4.39 Å². The first-order chi connectivity index (χ1) is 10.0. The second-order valence-electron chi connectivity index (χ2n) is 4.86. The van der Waals surface area contributed by atoms with Gasteiger partial charge >= 0.3 is 0 Å². The van der Waals surface area contributed by atoms with Gasteiger partial charge in [-0.25, -0.2) is 4.39 Å². The van der Waals surface area contributed by atoms with Crippen LogP contribution >= 0.6 is 27.5 Å². The summed E-state index contributed by atoms with van der Waals surface area (Å²) in [5.41, 5.74) is 7.84. The topological polar surface area (TPSA) is 35.2 Å². The van der Waals surface area contributed by atoms with Gasteiger partial charge in [-0.3, -0.25) is 0 Å². The van der Waals surface area contributed by atoms with E-state index < -0.39 is 5.82 Å². The van der Waals surface area contributed by atoms with Crippen LogP contribution in [0.1, 0.15) is 24.0 Å². The molecule has 0 saturated carbocycles. The van der Waals surface area contributed by atoms with Crippen molar-refractivity contribution in [1.82, 2.24) is 0 Å². The summed E-state index contributed by atoms with van der Waals surface area (Å²) >= 11 is 9.00. The second kappa shape index (κ2) is 7.25. The predicted octanol–water partition coefficient (Wildman–Crippen LogP) is 4.88. The Morgan fingerprint density at radius 2 is 1.95 bits per heavy atom. The molecule has 2 nitrogen and oxygen atoms in total. The van der Waals surface area contributed by atoms with Gasteiger partial charge in [0, 0.05) is 6.07 Å².